The van der Waals surface area contributed by atoms with Gasteiger partial charge < -0.3 is 11.1 Å². The second-order valence-electron chi connectivity index (χ2n) is 11.7. The summed E-state index contributed by atoms with van der Waals surface area (Å²) in [7, 11) is 0. The number of nitrogens with two attached hydrogens (primary N) is 1. The van der Waals surface area contributed by atoms with E-state index in [2.05, 4.69) is 67.5 Å². The van der Waals surface area contributed by atoms with Gasteiger partial charge in [-0.2, -0.15) is 0 Å². The first-order valence-electron chi connectivity index (χ1n) is 13.7. The van der Waals surface area contributed by atoms with Crippen molar-refractivity contribution in [2.24, 2.45) is 17.1 Å². The summed E-state index contributed by atoms with van der Waals surface area (Å²) >= 11 is 1.46. The van der Waals surface area contributed by atoms with Crippen LogP contribution in [0.2, 0.25) is 0 Å². The molecule has 198 valence electrons. The second kappa shape index (κ2) is 10.2. The van der Waals surface area contributed by atoms with Crippen molar-refractivity contribution in [3.63, 3.8) is 0 Å². The fraction of sp³-hybridized carbons (Fsp3) is 0.303. The molecular formula is C33H34N4OS. The van der Waals surface area contributed by atoms with Gasteiger partial charge in [-0.3, -0.25) is 9.78 Å². The maximum atomic E-state index is 13.4. The Hall–Kier alpha value is -3.61. The first-order chi connectivity index (χ1) is 18.8. The Balaban J connectivity index is 1.25. The van der Waals surface area contributed by atoms with Gasteiger partial charge in [0.05, 0.1) is 16.4 Å². The highest BCUT2D eigenvalue weighted by atomic mass is 32.1. The van der Waals surface area contributed by atoms with Crippen LogP contribution in [0.1, 0.15) is 59.7 Å². The van der Waals surface area contributed by atoms with Crippen LogP contribution in [-0.2, 0) is 12.8 Å². The molecule has 1 aliphatic carbocycles. The molecule has 6 rings (SSSR count). The average molecular weight is 535 g/mol. The van der Waals surface area contributed by atoms with E-state index in [1.807, 2.05) is 36.5 Å². The zero-order chi connectivity index (χ0) is 27.1. The Morgan fingerprint density at radius 3 is 2.72 bits per heavy atom. The predicted molar refractivity (Wildman–Crippen MR) is 161 cm³/mol. The third kappa shape index (κ3) is 5.07. The topological polar surface area (TPSA) is 80.9 Å². The summed E-state index contributed by atoms with van der Waals surface area (Å²) in [5.74, 6) is 0.535. The smallest absolute Gasteiger partial charge is 0.261 e. The van der Waals surface area contributed by atoms with Crippen molar-refractivity contribution >= 4 is 38.4 Å². The number of aromatic nitrogens is 2. The van der Waals surface area contributed by atoms with Crippen LogP contribution in [0.3, 0.4) is 0 Å². The lowest BCUT2D eigenvalue weighted by molar-refractivity contribution is 0.0942. The molecule has 3 N–H and O–H groups in total. The largest absolute Gasteiger partial charge is 0.343 e. The Morgan fingerprint density at radius 2 is 1.90 bits per heavy atom. The molecule has 0 fully saturated rings. The van der Waals surface area contributed by atoms with Crippen molar-refractivity contribution in [1.29, 1.82) is 0 Å². The number of carbonyl (C=O) groups excluding carboxylic acids is 1. The SMILES string of the molecule is CC(C)(C)C1CCc2nc3sc(C(=O)N[C@H](CN)c4cccc(-c5cccc6cccnc56)c4)cc3cc2C1. The van der Waals surface area contributed by atoms with Crippen LogP contribution >= 0.6 is 11.3 Å². The van der Waals surface area contributed by atoms with E-state index in [1.54, 1.807) is 0 Å². The van der Waals surface area contributed by atoms with E-state index in [4.69, 9.17) is 10.7 Å². The van der Waals surface area contributed by atoms with Crippen molar-refractivity contribution in [3.8, 4) is 11.1 Å². The maximum Gasteiger partial charge on any atom is 0.261 e. The number of thiophene rings is 1. The van der Waals surface area contributed by atoms with E-state index in [-0.39, 0.29) is 17.4 Å². The van der Waals surface area contributed by atoms with Crippen molar-refractivity contribution in [2.75, 3.05) is 6.54 Å². The van der Waals surface area contributed by atoms with E-state index < -0.39 is 0 Å². The Kier molecular flexibility index (Phi) is 6.69. The van der Waals surface area contributed by atoms with Gasteiger partial charge in [0.2, 0.25) is 0 Å². The summed E-state index contributed by atoms with van der Waals surface area (Å²) in [6.45, 7) is 7.27. The van der Waals surface area contributed by atoms with Crippen molar-refractivity contribution in [3.05, 3.63) is 94.6 Å². The zero-order valence-corrected chi connectivity index (χ0v) is 23.5. The summed E-state index contributed by atoms with van der Waals surface area (Å²) in [5.41, 5.74) is 13.0. The molecule has 2 aromatic carbocycles. The predicted octanol–water partition coefficient (Wildman–Crippen LogP) is 7.09. The van der Waals surface area contributed by atoms with E-state index in [0.717, 1.165) is 50.7 Å². The van der Waals surface area contributed by atoms with Crippen LogP contribution in [0.4, 0.5) is 0 Å². The maximum absolute atomic E-state index is 13.4. The molecule has 0 bridgehead atoms. The molecule has 3 aromatic heterocycles. The number of para-hydroxylation sites is 1. The number of carbonyl (C=O) groups is 1. The van der Waals surface area contributed by atoms with Gasteiger partial charge in [-0.1, -0.05) is 63.2 Å². The highest BCUT2D eigenvalue weighted by Crippen LogP contribution is 2.38. The van der Waals surface area contributed by atoms with Gasteiger partial charge in [0.15, 0.2) is 0 Å². The number of pyridine rings is 2. The van der Waals surface area contributed by atoms with Gasteiger partial charge in [0, 0.05) is 34.8 Å². The molecule has 1 unspecified atom stereocenters. The van der Waals surface area contributed by atoms with Crippen molar-refractivity contribution in [1.82, 2.24) is 15.3 Å². The summed E-state index contributed by atoms with van der Waals surface area (Å²) in [6, 6.07) is 22.4. The monoisotopic (exact) mass is 534 g/mol. The standard InChI is InChI=1S/C33H34N4OS/c1-33(2,3)25-12-13-27-23(17-25)16-24-18-29(39-32(24)37-27)31(38)36-28(19-34)22-9-4-8-21(15-22)26-11-5-7-20-10-6-14-35-30(20)26/h4-11,14-16,18,25,28H,12-13,17,19,34H2,1-3H3,(H,36,38)/t25?,28-/m1/s1. The lowest BCUT2D eigenvalue weighted by Gasteiger charge is -2.34. The van der Waals surface area contributed by atoms with E-state index >= 15 is 0 Å². The number of benzene rings is 2. The van der Waals surface area contributed by atoms with E-state index in [9.17, 15) is 4.79 Å². The number of amides is 1. The van der Waals surface area contributed by atoms with Crippen LogP contribution < -0.4 is 11.1 Å². The molecule has 0 aliphatic heterocycles. The molecule has 1 aliphatic rings. The lowest BCUT2D eigenvalue weighted by Crippen LogP contribution is -2.33. The minimum absolute atomic E-state index is 0.115. The Morgan fingerprint density at radius 1 is 1.08 bits per heavy atom. The van der Waals surface area contributed by atoms with Crippen LogP contribution in [0.15, 0.2) is 72.9 Å². The quantitative estimate of drug-likeness (QED) is 0.252. The number of aryl methyl sites for hydroxylation is 1. The molecular weight excluding hydrogens is 500 g/mol. The Bertz CT molecular complexity index is 1680. The zero-order valence-electron chi connectivity index (χ0n) is 22.7. The Labute approximate surface area is 233 Å². The van der Waals surface area contributed by atoms with E-state index in [0.29, 0.717) is 17.3 Å². The van der Waals surface area contributed by atoms with Crippen LogP contribution in [0.5, 0.6) is 0 Å². The van der Waals surface area contributed by atoms with E-state index in [1.165, 1.54) is 29.0 Å². The van der Waals surface area contributed by atoms with Crippen LogP contribution in [0, 0.1) is 11.3 Å². The number of hydrogen-bond acceptors (Lipinski definition) is 5. The fourth-order valence-corrected chi connectivity index (χ4v) is 6.68. The molecule has 6 heteroatoms. The lowest BCUT2D eigenvalue weighted by atomic mass is 9.71. The molecule has 0 saturated carbocycles. The summed E-state index contributed by atoms with van der Waals surface area (Å²) in [6.07, 6.45) is 5.04. The first kappa shape index (κ1) is 25.7. The van der Waals surface area contributed by atoms with Gasteiger partial charge in [-0.05, 0) is 71.6 Å². The first-order valence-corrected chi connectivity index (χ1v) is 14.5. The minimum atomic E-state index is -0.306. The third-order valence-corrected chi connectivity index (χ3v) is 9.14. The number of nitrogens with zero attached hydrogens (tertiary/aromatic N) is 2. The molecule has 1 amide bonds. The molecule has 5 aromatic rings. The minimum Gasteiger partial charge on any atom is -0.343 e. The number of hydrogen-bond donors (Lipinski definition) is 2. The van der Waals surface area contributed by atoms with Crippen LogP contribution in [-0.4, -0.2) is 22.4 Å². The molecule has 0 radical (unpaired) electrons. The van der Waals surface area contributed by atoms with Gasteiger partial charge in [-0.25, -0.2) is 4.98 Å². The van der Waals surface area contributed by atoms with Crippen molar-refractivity contribution in [2.45, 2.75) is 46.1 Å². The number of fused-ring (bicyclic) bond motifs is 3. The molecule has 0 spiro atoms. The fourth-order valence-electron chi connectivity index (χ4n) is 5.74. The highest BCUT2D eigenvalue weighted by Gasteiger charge is 2.30. The van der Waals surface area contributed by atoms with Gasteiger partial charge in [0.1, 0.15) is 4.83 Å². The third-order valence-electron chi connectivity index (χ3n) is 8.10. The summed E-state index contributed by atoms with van der Waals surface area (Å²) in [4.78, 5) is 24.6. The average Bonchev–Trinajstić information content (AvgIpc) is 3.36. The van der Waals surface area contributed by atoms with Gasteiger partial charge in [-0.15, -0.1) is 11.3 Å². The molecule has 0 saturated heterocycles. The van der Waals surface area contributed by atoms with Gasteiger partial charge >= 0.3 is 0 Å². The number of nitrogens with one attached hydrogen (secondary N) is 1. The van der Waals surface area contributed by atoms with Crippen molar-refractivity contribution < 1.29 is 4.79 Å². The molecule has 39 heavy (non-hydrogen) atoms. The highest BCUT2D eigenvalue weighted by molar-refractivity contribution is 7.20. The molecule has 2 atom stereocenters. The second-order valence-corrected chi connectivity index (χ2v) is 12.7. The normalized spacial score (nSPS) is 16.3. The summed E-state index contributed by atoms with van der Waals surface area (Å²) in [5, 5.41) is 5.32. The molecule has 3 heterocycles. The van der Waals surface area contributed by atoms with Crippen LogP contribution in [0.25, 0.3) is 32.2 Å². The number of rotatable bonds is 5. The molecule has 5 nitrogen and oxygen atoms in total. The summed E-state index contributed by atoms with van der Waals surface area (Å²) < 4.78 is 0. The van der Waals surface area contributed by atoms with Gasteiger partial charge in [0.25, 0.3) is 5.91 Å².